The van der Waals surface area contributed by atoms with Gasteiger partial charge in [-0.1, -0.05) is 30.3 Å². The quantitative estimate of drug-likeness (QED) is 0.706. The van der Waals surface area contributed by atoms with Gasteiger partial charge in [-0.2, -0.15) is 0 Å². The fraction of sp³-hybridized carbons (Fsp3) is 0.462. The third-order valence-electron chi connectivity index (χ3n) is 3.23. The van der Waals surface area contributed by atoms with Gasteiger partial charge in [0.05, 0.1) is 13.0 Å². The molecule has 0 radical (unpaired) electrons. The smallest absolute Gasteiger partial charge is 0.310 e. The van der Waals surface area contributed by atoms with E-state index in [0.29, 0.717) is 0 Å². The number of esters is 1. The lowest BCUT2D eigenvalue weighted by Crippen LogP contribution is -2.23. The average Bonchev–Trinajstić information content (AvgIpc) is 2.71. The first-order valence-electron chi connectivity index (χ1n) is 5.53. The van der Waals surface area contributed by atoms with Crippen molar-refractivity contribution >= 4 is 5.97 Å². The van der Waals surface area contributed by atoms with E-state index in [9.17, 15) is 4.79 Å². The van der Waals surface area contributed by atoms with Crippen molar-refractivity contribution in [3.05, 3.63) is 35.9 Å². The van der Waals surface area contributed by atoms with Crippen LogP contribution in [0.4, 0.5) is 0 Å². The summed E-state index contributed by atoms with van der Waals surface area (Å²) in [5.41, 5.74) is 1.22. The number of nitrogens with zero attached hydrogens (tertiary/aromatic N) is 1. The molecule has 3 nitrogen and oxygen atoms in total. The van der Waals surface area contributed by atoms with Crippen LogP contribution in [0.25, 0.3) is 0 Å². The lowest BCUT2D eigenvalue weighted by atomic mass is 9.89. The molecule has 2 atom stereocenters. The molecule has 0 unspecified atom stereocenters. The standard InChI is InChI=1S/C13H17NO2/c1-14-8-11(10-6-4-3-5-7-10)12(9-14)13(15)16-2/h3-7,11-12H,8-9H2,1-2H3/t11-,12+/m1/s1. The Morgan fingerprint density at radius 2 is 2.00 bits per heavy atom. The molecule has 0 aromatic heterocycles. The number of hydrogen-bond acceptors (Lipinski definition) is 3. The number of ether oxygens (including phenoxy) is 1. The summed E-state index contributed by atoms with van der Waals surface area (Å²) in [5.74, 6) is 0.134. The third kappa shape index (κ3) is 2.09. The molecule has 86 valence electrons. The van der Waals surface area contributed by atoms with Crippen LogP contribution < -0.4 is 0 Å². The van der Waals surface area contributed by atoms with Gasteiger partial charge in [0.2, 0.25) is 0 Å². The summed E-state index contributed by atoms with van der Waals surface area (Å²) < 4.78 is 4.87. The highest BCUT2D eigenvalue weighted by Crippen LogP contribution is 2.32. The molecule has 1 aromatic carbocycles. The number of likely N-dealkylation sites (tertiary alicyclic amines) is 1. The van der Waals surface area contributed by atoms with Crippen molar-refractivity contribution in [3.63, 3.8) is 0 Å². The molecule has 0 saturated carbocycles. The molecule has 1 heterocycles. The minimum absolute atomic E-state index is 0.0302. The Labute approximate surface area is 96.0 Å². The first kappa shape index (κ1) is 11.1. The summed E-state index contributed by atoms with van der Waals surface area (Å²) in [5, 5.41) is 0. The maximum atomic E-state index is 11.7. The normalized spacial score (nSPS) is 25.6. The second-order valence-electron chi connectivity index (χ2n) is 4.37. The summed E-state index contributed by atoms with van der Waals surface area (Å²) in [6.07, 6.45) is 0. The Balaban J connectivity index is 2.22. The van der Waals surface area contributed by atoms with Gasteiger partial charge in [0, 0.05) is 19.0 Å². The molecule has 0 amide bonds. The summed E-state index contributed by atoms with van der Waals surface area (Å²) in [4.78, 5) is 13.9. The van der Waals surface area contributed by atoms with E-state index in [4.69, 9.17) is 4.74 Å². The molecule has 0 spiro atoms. The number of hydrogen-bond donors (Lipinski definition) is 0. The number of rotatable bonds is 2. The average molecular weight is 219 g/mol. The minimum Gasteiger partial charge on any atom is -0.469 e. The van der Waals surface area contributed by atoms with Crippen LogP contribution in [0.5, 0.6) is 0 Å². The van der Waals surface area contributed by atoms with E-state index < -0.39 is 0 Å². The highest BCUT2D eigenvalue weighted by molar-refractivity contribution is 5.74. The number of carbonyl (C=O) groups is 1. The lowest BCUT2D eigenvalue weighted by Gasteiger charge is -2.16. The molecule has 1 aliphatic heterocycles. The van der Waals surface area contributed by atoms with Crippen molar-refractivity contribution in [3.8, 4) is 0 Å². The molecule has 2 rings (SSSR count). The largest absolute Gasteiger partial charge is 0.469 e. The van der Waals surface area contributed by atoms with Crippen molar-refractivity contribution in [1.29, 1.82) is 0 Å². The van der Waals surface area contributed by atoms with E-state index >= 15 is 0 Å². The van der Waals surface area contributed by atoms with Crippen molar-refractivity contribution in [2.24, 2.45) is 5.92 Å². The molecule has 0 N–H and O–H groups in total. The molecular weight excluding hydrogens is 202 g/mol. The summed E-state index contributed by atoms with van der Waals surface area (Å²) in [7, 11) is 3.50. The lowest BCUT2D eigenvalue weighted by molar-refractivity contribution is -0.145. The van der Waals surface area contributed by atoms with E-state index in [1.165, 1.54) is 12.7 Å². The zero-order chi connectivity index (χ0) is 11.5. The molecule has 16 heavy (non-hydrogen) atoms. The van der Waals surface area contributed by atoms with Gasteiger partial charge in [0.25, 0.3) is 0 Å². The van der Waals surface area contributed by atoms with Crippen LogP contribution in [0.3, 0.4) is 0 Å². The molecule has 1 aromatic rings. The van der Waals surface area contributed by atoms with Crippen LogP contribution in [-0.2, 0) is 9.53 Å². The molecule has 1 aliphatic rings. The summed E-state index contributed by atoms with van der Waals surface area (Å²) in [6.45, 7) is 1.70. The minimum atomic E-state index is -0.0989. The van der Waals surface area contributed by atoms with Crippen LogP contribution in [0.1, 0.15) is 11.5 Å². The SMILES string of the molecule is COC(=O)[C@H]1CN(C)C[C@@H]1c1ccccc1. The van der Waals surface area contributed by atoms with Crippen molar-refractivity contribution in [1.82, 2.24) is 4.90 Å². The van der Waals surface area contributed by atoms with Gasteiger partial charge in [-0.15, -0.1) is 0 Å². The Kier molecular flexibility index (Phi) is 3.25. The van der Waals surface area contributed by atoms with E-state index in [2.05, 4.69) is 17.0 Å². The highest BCUT2D eigenvalue weighted by atomic mass is 16.5. The monoisotopic (exact) mass is 219 g/mol. The fourth-order valence-corrected chi connectivity index (χ4v) is 2.43. The van der Waals surface area contributed by atoms with E-state index in [1.807, 2.05) is 25.2 Å². The van der Waals surface area contributed by atoms with Gasteiger partial charge >= 0.3 is 5.97 Å². The molecule has 1 saturated heterocycles. The number of carbonyl (C=O) groups excluding carboxylic acids is 1. The highest BCUT2D eigenvalue weighted by Gasteiger charge is 2.37. The van der Waals surface area contributed by atoms with E-state index in [0.717, 1.165) is 13.1 Å². The van der Waals surface area contributed by atoms with Crippen molar-refractivity contribution in [2.45, 2.75) is 5.92 Å². The van der Waals surface area contributed by atoms with E-state index in [1.54, 1.807) is 0 Å². The molecule has 0 aliphatic carbocycles. The van der Waals surface area contributed by atoms with Crippen LogP contribution in [-0.4, -0.2) is 38.1 Å². The Morgan fingerprint density at radius 3 is 2.62 bits per heavy atom. The number of likely N-dealkylation sites (N-methyl/N-ethyl adjacent to an activating group) is 1. The first-order chi connectivity index (χ1) is 7.72. The van der Waals surface area contributed by atoms with Gasteiger partial charge in [-0.25, -0.2) is 0 Å². The topological polar surface area (TPSA) is 29.5 Å². The second-order valence-corrected chi connectivity index (χ2v) is 4.37. The zero-order valence-electron chi connectivity index (χ0n) is 9.72. The van der Waals surface area contributed by atoms with Crippen molar-refractivity contribution in [2.75, 3.05) is 27.2 Å². The predicted molar refractivity (Wildman–Crippen MR) is 62.2 cm³/mol. The maximum Gasteiger partial charge on any atom is 0.310 e. The molecule has 1 fully saturated rings. The molecular formula is C13H17NO2. The van der Waals surface area contributed by atoms with Crippen LogP contribution in [0.2, 0.25) is 0 Å². The van der Waals surface area contributed by atoms with Crippen molar-refractivity contribution < 1.29 is 9.53 Å². The van der Waals surface area contributed by atoms with Crippen LogP contribution in [0.15, 0.2) is 30.3 Å². The third-order valence-corrected chi connectivity index (χ3v) is 3.23. The Morgan fingerprint density at radius 1 is 1.31 bits per heavy atom. The molecule has 0 bridgehead atoms. The van der Waals surface area contributed by atoms with Gasteiger partial charge in [-0.05, 0) is 12.6 Å². The summed E-state index contributed by atoms with van der Waals surface area (Å²) in [6, 6.07) is 10.2. The Hall–Kier alpha value is -1.35. The van der Waals surface area contributed by atoms with Crippen LogP contribution >= 0.6 is 0 Å². The summed E-state index contributed by atoms with van der Waals surface area (Å²) >= 11 is 0. The van der Waals surface area contributed by atoms with E-state index in [-0.39, 0.29) is 17.8 Å². The van der Waals surface area contributed by atoms with Gasteiger partial charge < -0.3 is 9.64 Å². The Bertz CT molecular complexity index is 363. The molecule has 3 heteroatoms. The predicted octanol–water partition coefficient (Wildman–Crippen LogP) is 1.50. The zero-order valence-corrected chi connectivity index (χ0v) is 9.72. The maximum absolute atomic E-state index is 11.7. The number of methoxy groups -OCH3 is 1. The first-order valence-corrected chi connectivity index (χ1v) is 5.53. The van der Waals surface area contributed by atoms with Gasteiger partial charge in [0.15, 0.2) is 0 Å². The van der Waals surface area contributed by atoms with Gasteiger partial charge in [-0.3, -0.25) is 4.79 Å². The van der Waals surface area contributed by atoms with Gasteiger partial charge in [0.1, 0.15) is 0 Å². The second kappa shape index (κ2) is 4.66. The fourth-order valence-electron chi connectivity index (χ4n) is 2.43. The van der Waals surface area contributed by atoms with Crippen LogP contribution in [0, 0.1) is 5.92 Å². The number of benzene rings is 1.